The van der Waals surface area contributed by atoms with Crippen LogP contribution in [0.25, 0.3) is 0 Å². The minimum Gasteiger partial charge on any atom is -0.424 e. The van der Waals surface area contributed by atoms with Crippen LogP contribution in [0.5, 0.6) is 0 Å². The molecule has 1 aromatic heterocycles. The molecule has 44 valence electrons. The SMILES string of the molecule is Cc1nc(Cl)c(N)o1. The van der Waals surface area contributed by atoms with Crippen molar-refractivity contribution in [2.24, 2.45) is 0 Å². The summed E-state index contributed by atoms with van der Waals surface area (Å²) >= 11 is 5.40. The van der Waals surface area contributed by atoms with E-state index >= 15 is 0 Å². The minimum absolute atomic E-state index is 0.184. The summed E-state index contributed by atoms with van der Waals surface area (Å²) in [4.78, 5) is 3.68. The molecule has 0 aromatic carbocycles. The monoisotopic (exact) mass is 132 g/mol. The molecular formula is C4H5ClN2O. The van der Waals surface area contributed by atoms with Crippen molar-refractivity contribution in [2.75, 3.05) is 5.73 Å². The van der Waals surface area contributed by atoms with E-state index in [0.717, 1.165) is 0 Å². The summed E-state index contributed by atoms with van der Waals surface area (Å²) in [6.45, 7) is 1.68. The predicted molar refractivity (Wildman–Crippen MR) is 30.7 cm³/mol. The van der Waals surface area contributed by atoms with Crippen LogP contribution in [0.3, 0.4) is 0 Å². The highest BCUT2D eigenvalue weighted by Crippen LogP contribution is 2.16. The first kappa shape index (κ1) is 5.44. The molecule has 3 nitrogen and oxygen atoms in total. The minimum atomic E-state index is 0.184. The number of hydrogen-bond acceptors (Lipinski definition) is 3. The summed E-state index contributed by atoms with van der Waals surface area (Å²) in [5.41, 5.74) is 5.18. The molecule has 4 heteroatoms. The van der Waals surface area contributed by atoms with Crippen LogP contribution in [-0.4, -0.2) is 4.98 Å². The Morgan fingerprint density at radius 3 is 2.50 bits per heavy atom. The van der Waals surface area contributed by atoms with Gasteiger partial charge in [-0.3, -0.25) is 0 Å². The van der Waals surface area contributed by atoms with Gasteiger partial charge in [-0.1, -0.05) is 11.6 Å². The number of aryl methyl sites for hydroxylation is 1. The third-order valence-electron chi connectivity index (χ3n) is 0.717. The zero-order chi connectivity index (χ0) is 6.15. The molecule has 0 radical (unpaired) electrons. The van der Waals surface area contributed by atoms with Gasteiger partial charge in [-0.2, -0.15) is 4.98 Å². The molecule has 1 rings (SSSR count). The topological polar surface area (TPSA) is 52.0 Å². The van der Waals surface area contributed by atoms with E-state index in [0.29, 0.717) is 5.89 Å². The van der Waals surface area contributed by atoms with E-state index in [1.807, 2.05) is 0 Å². The number of oxazole rings is 1. The van der Waals surface area contributed by atoms with Gasteiger partial charge in [0.05, 0.1) is 0 Å². The summed E-state index contributed by atoms with van der Waals surface area (Å²) in [6.07, 6.45) is 0. The Kier molecular flexibility index (Phi) is 1.13. The number of aromatic nitrogens is 1. The molecular weight excluding hydrogens is 128 g/mol. The van der Waals surface area contributed by atoms with Gasteiger partial charge in [0, 0.05) is 6.92 Å². The Morgan fingerprint density at radius 1 is 1.75 bits per heavy atom. The first-order valence-electron chi connectivity index (χ1n) is 2.08. The third kappa shape index (κ3) is 0.767. The number of anilines is 1. The van der Waals surface area contributed by atoms with Gasteiger partial charge < -0.3 is 10.2 Å². The van der Waals surface area contributed by atoms with Crippen LogP contribution in [0, 0.1) is 6.92 Å². The summed E-state index contributed by atoms with van der Waals surface area (Å²) < 4.78 is 4.75. The molecule has 0 saturated heterocycles. The van der Waals surface area contributed by atoms with Crippen LogP contribution in [0.2, 0.25) is 5.15 Å². The second-order valence-electron chi connectivity index (χ2n) is 1.39. The van der Waals surface area contributed by atoms with Gasteiger partial charge >= 0.3 is 0 Å². The molecule has 0 amide bonds. The summed E-state index contributed by atoms with van der Waals surface area (Å²) in [7, 11) is 0. The fourth-order valence-electron chi connectivity index (χ4n) is 0.417. The van der Waals surface area contributed by atoms with E-state index in [-0.39, 0.29) is 11.0 Å². The van der Waals surface area contributed by atoms with Crippen molar-refractivity contribution in [3.05, 3.63) is 11.0 Å². The van der Waals surface area contributed by atoms with Crippen molar-refractivity contribution < 1.29 is 4.42 Å². The standard InChI is InChI=1S/C4H5ClN2O/c1-2-7-3(5)4(6)8-2/h6H2,1H3. The van der Waals surface area contributed by atoms with E-state index in [2.05, 4.69) is 4.98 Å². The van der Waals surface area contributed by atoms with E-state index in [1.54, 1.807) is 6.92 Å². The maximum Gasteiger partial charge on any atom is 0.230 e. The number of nitrogens with zero attached hydrogens (tertiary/aromatic N) is 1. The molecule has 0 saturated carbocycles. The molecule has 0 unspecified atom stereocenters. The molecule has 0 aliphatic rings. The lowest BCUT2D eigenvalue weighted by molar-refractivity contribution is 0.539. The highest BCUT2D eigenvalue weighted by Gasteiger charge is 2.01. The maximum absolute atomic E-state index is 5.40. The van der Waals surface area contributed by atoms with E-state index in [9.17, 15) is 0 Å². The van der Waals surface area contributed by atoms with Gasteiger partial charge in [-0.25, -0.2) is 0 Å². The largest absolute Gasteiger partial charge is 0.424 e. The molecule has 0 spiro atoms. The summed E-state index contributed by atoms with van der Waals surface area (Å²) in [6, 6.07) is 0. The fraction of sp³-hybridized carbons (Fsp3) is 0.250. The Hall–Kier alpha value is -0.700. The van der Waals surface area contributed by atoms with Gasteiger partial charge in [0.25, 0.3) is 0 Å². The third-order valence-corrected chi connectivity index (χ3v) is 0.987. The highest BCUT2D eigenvalue weighted by atomic mass is 35.5. The lowest BCUT2D eigenvalue weighted by Crippen LogP contribution is -1.78. The van der Waals surface area contributed by atoms with Crippen molar-refractivity contribution >= 4 is 17.5 Å². The smallest absolute Gasteiger partial charge is 0.230 e. The molecule has 8 heavy (non-hydrogen) atoms. The molecule has 0 aliphatic carbocycles. The van der Waals surface area contributed by atoms with Crippen molar-refractivity contribution in [2.45, 2.75) is 6.92 Å². The molecule has 0 fully saturated rings. The zero-order valence-corrected chi connectivity index (χ0v) is 5.07. The lowest BCUT2D eigenvalue weighted by atomic mass is 10.8. The van der Waals surface area contributed by atoms with Crippen molar-refractivity contribution in [3.8, 4) is 0 Å². The van der Waals surface area contributed by atoms with Crippen LogP contribution in [0.15, 0.2) is 4.42 Å². The molecule has 0 aliphatic heterocycles. The molecule has 2 N–H and O–H groups in total. The number of rotatable bonds is 0. The Labute approximate surface area is 51.5 Å². The fourth-order valence-corrected chi connectivity index (χ4v) is 0.575. The van der Waals surface area contributed by atoms with Crippen molar-refractivity contribution in [1.82, 2.24) is 4.98 Å². The van der Waals surface area contributed by atoms with Crippen molar-refractivity contribution in [3.63, 3.8) is 0 Å². The average molecular weight is 133 g/mol. The van der Waals surface area contributed by atoms with E-state index in [4.69, 9.17) is 21.8 Å². The quantitative estimate of drug-likeness (QED) is 0.578. The second kappa shape index (κ2) is 1.67. The van der Waals surface area contributed by atoms with Crippen molar-refractivity contribution in [1.29, 1.82) is 0 Å². The van der Waals surface area contributed by atoms with Crippen LogP contribution in [-0.2, 0) is 0 Å². The van der Waals surface area contributed by atoms with Gasteiger partial charge in [0.1, 0.15) is 0 Å². The van der Waals surface area contributed by atoms with Crippen LogP contribution >= 0.6 is 11.6 Å². The average Bonchev–Trinajstić information content (AvgIpc) is 1.85. The Morgan fingerprint density at radius 2 is 2.38 bits per heavy atom. The van der Waals surface area contributed by atoms with Gasteiger partial charge in [-0.05, 0) is 0 Å². The van der Waals surface area contributed by atoms with Crippen LogP contribution in [0.1, 0.15) is 5.89 Å². The summed E-state index contributed by atoms with van der Waals surface area (Å²) in [5.74, 6) is 0.677. The molecule has 1 heterocycles. The zero-order valence-electron chi connectivity index (χ0n) is 4.31. The predicted octanol–water partition coefficient (Wildman–Crippen LogP) is 1.22. The summed E-state index contributed by atoms with van der Waals surface area (Å²) in [5, 5.41) is 0.238. The number of nitrogens with two attached hydrogens (primary N) is 1. The van der Waals surface area contributed by atoms with Gasteiger partial charge in [0.2, 0.25) is 5.88 Å². The molecule has 0 atom stereocenters. The first-order chi connectivity index (χ1) is 3.70. The Bertz CT molecular complexity index is 176. The Balaban J connectivity index is 3.14. The molecule has 0 bridgehead atoms. The highest BCUT2D eigenvalue weighted by molar-refractivity contribution is 6.31. The number of halogens is 1. The second-order valence-corrected chi connectivity index (χ2v) is 1.75. The van der Waals surface area contributed by atoms with E-state index in [1.165, 1.54) is 0 Å². The number of nitrogen functional groups attached to an aromatic ring is 1. The van der Waals surface area contributed by atoms with Gasteiger partial charge in [0.15, 0.2) is 11.0 Å². The lowest BCUT2D eigenvalue weighted by Gasteiger charge is -1.76. The number of hydrogen-bond donors (Lipinski definition) is 1. The normalized spacial score (nSPS) is 9.75. The molecule has 1 aromatic rings. The van der Waals surface area contributed by atoms with E-state index < -0.39 is 0 Å². The maximum atomic E-state index is 5.40. The first-order valence-corrected chi connectivity index (χ1v) is 2.46. The van der Waals surface area contributed by atoms with Gasteiger partial charge in [-0.15, -0.1) is 0 Å². The van der Waals surface area contributed by atoms with Crippen LogP contribution < -0.4 is 5.73 Å². The van der Waals surface area contributed by atoms with Crippen LogP contribution in [0.4, 0.5) is 5.88 Å².